The van der Waals surface area contributed by atoms with Gasteiger partial charge in [-0.15, -0.1) is 0 Å². The van der Waals surface area contributed by atoms with Crippen LogP contribution in [0.4, 0.5) is 0 Å². The number of rotatable bonds is 7. The van der Waals surface area contributed by atoms with Gasteiger partial charge in [0.25, 0.3) is 0 Å². The Labute approximate surface area is 155 Å². The zero-order chi connectivity index (χ0) is 18.7. The Kier molecular flexibility index (Phi) is 7.31. The van der Waals surface area contributed by atoms with Gasteiger partial charge in [0, 0.05) is 44.9 Å². The van der Waals surface area contributed by atoms with E-state index in [4.69, 9.17) is 14.2 Å². The first kappa shape index (κ1) is 21.1. The van der Waals surface area contributed by atoms with Gasteiger partial charge in [0.05, 0.1) is 31.0 Å². The van der Waals surface area contributed by atoms with Crippen LogP contribution in [0.3, 0.4) is 0 Å². The lowest BCUT2D eigenvalue weighted by atomic mass is 9.87. The van der Waals surface area contributed by atoms with Crippen LogP contribution in [0, 0.1) is 0 Å². The van der Waals surface area contributed by atoms with Crippen molar-refractivity contribution in [2.45, 2.75) is 83.8 Å². The Balaban J connectivity index is 1.86. The number of ether oxygens (including phenoxy) is 3. The Morgan fingerprint density at radius 2 is 1.80 bits per heavy atom. The highest BCUT2D eigenvalue weighted by Crippen LogP contribution is 2.32. The topological polar surface area (TPSA) is 34.2 Å². The van der Waals surface area contributed by atoms with Gasteiger partial charge in [-0.3, -0.25) is 9.80 Å². The second kappa shape index (κ2) is 8.66. The van der Waals surface area contributed by atoms with Crippen molar-refractivity contribution in [3.8, 4) is 0 Å². The maximum atomic E-state index is 6.11. The van der Waals surface area contributed by atoms with Crippen molar-refractivity contribution in [2.24, 2.45) is 0 Å². The molecule has 1 aliphatic heterocycles. The molecule has 2 aliphatic rings. The molecule has 1 heterocycles. The van der Waals surface area contributed by atoms with E-state index in [1.165, 1.54) is 0 Å². The SMILES string of the molecule is COCCN(C[C@H]1CN(C(C)(C)C)CCO1)C1CC(OC(C)(C)C)C1. The van der Waals surface area contributed by atoms with Crippen molar-refractivity contribution in [1.82, 2.24) is 9.80 Å². The van der Waals surface area contributed by atoms with Crippen LogP contribution in [0.2, 0.25) is 0 Å². The van der Waals surface area contributed by atoms with Crippen molar-refractivity contribution < 1.29 is 14.2 Å². The second-order valence-corrected chi connectivity index (χ2v) is 9.57. The lowest BCUT2D eigenvalue weighted by molar-refractivity contribution is -0.131. The Morgan fingerprint density at radius 3 is 2.36 bits per heavy atom. The van der Waals surface area contributed by atoms with Crippen LogP contribution in [0.5, 0.6) is 0 Å². The van der Waals surface area contributed by atoms with Crippen molar-refractivity contribution in [2.75, 3.05) is 46.5 Å². The predicted molar refractivity (Wildman–Crippen MR) is 102 cm³/mol. The summed E-state index contributed by atoms with van der Waals surface area (Å²) in [6.45, 7) is 18.9. The van der Waals surface area contributed by atoms with E-state index < -0.39 is 0 Å². The fourth-order valence-electron chi connectivity index (χ4n) is 3.76. The maximum absolute atomic E-state index is 6.11. The minimum absolute atomic E-state index is 0.0489. The highest BCUT2D eigenvalue weighted by atomic mass is 16.5. The molecular formula is C20H40N2O3. The van der Waals surface area contributed by atoms with Crippen LogP contribution in [0.1, 0.15) is 54.4 Å². The minimum Gasteiger partial charge on any atom is -0.383 e. The van der Waals surface area contributed by atoms with Crippen LogP contribution in [-0.4, -0.2) is 85.7 Å². The molecule has 5 heteroatoms. The lowest BCUT2D eigenvalue weighted by Crippen LogP contribution is -2.57. The molecule has 1 aliphatic carbocycles. The third-order valence-corrected chi connectivity index (χ3v) is 5.21. The molecule has 0 aromatic heterocycles. The van der Waals surface area contributed by atoms with Gasteiger partial charge in [-0.1, -0.05) is 0 Å². The average molecular weight is 357 g/mol. The minimum atomic E-state index is -0.0489. The van der Waals surface area contributed by atoms with Crippen molar-refractivity contribution in [3.63, 3.8) is 0 Å². The smallest absolute Gasteiger partial charge is 0.0829 e. The predicted octanol–water partition coefficient (Wildman–Crippen LogP) is 2.78. The molecule has 1 atom stereocenters. The monoisotopic (exact) mass is 356 g/mol. The first-order chi connectivity index (χ1) is 11.6. The summed E-state index contributed by atoms with van der Waals surface area (Å²) in [6.07, 6.45) is 2.92. The summed E-state index contributed by atoms with van der Waals surface area (Å²) < 4.78 is 17.5. The molecule has 2 fully saturated rings. The molecule has 0 bridgehead atoms. The molecule has 0 amide bonds. The van der Waals surface area contributed by atoms with Gasteiger partial charge in [-0.25, -0.2) is 0 Å². The molecule has 2 rings (SSSR count). The quantitative estimate of drug-likeness (QED) is 0.701. The molecule has 0 aromatic carbocycles. The summed E-state index contributed by atoms with van der Waals surface area (Å²) in [6, 6.07) is 0.594. The summed E-state index contributed by atoms with van der Waals surface area (Å²) in [5.41, 5.74) is 0.161. The van der Waals surface area contributed by atoms with Gasteiger partial charge < -0.3 is 14.2 Å². The van der Waals surface area contributed by atoms with Crippen molar-refractivity contribution in [1.29, 1.82) is 0 Å². The van der Waals surface area contributed by atoms with E-state index >= 15 is 0 Å². The Bertz CT molecular complexity index is 397. The van der Waals surface area contributed by atoms with E-state index in [0.29, 0.717) is 12.1 Å². The van der Waals surface area contributed by atoms with Gasteiger partial charge >= 0.3 is 0 Å². The highest BCUT2D eigenvalue weighted by Gasteiger charge is 2.38. The summed E-state index contributed by atoms with van der Waals surface area (Å²) in [4.78, 5) is 5.10. The highest BCUT2D eigenvalue weighted by molar-refractivity contribution is 4.92. The lowest BCUT2D eigenvalue weighted by Gasteiger charge is -2.47. The van der Waals surface area contributed by atoms with E-state index in [0.717, 1.165) is 52.2 Å². The second-order valence-electron chi connectivity index (χ2n) is 9.57. The van der Waals surface area contributed by atoms with Gasteiger partial charge in [0.2, 0.25) is 0 Å². The molecular weight excluding hydrogens is 316 g/mol. The van der Waals surface area contributed by atoms with Crippen molar-refractivity contribution in [3.05, 3.63) is 0 Å². The van der Waals surface area contributed by atoms with E-state index in [1.54, 1.807) is 7.11 Å². The third-order valence-electron chi connectivity index (χ3n) is 5.21. The van der Waals surface area contributed by atoms with Gasteiger partial charge in [0.15, 0.2) is 0 Å². The fourth-order valence-corrected chi connectivity index (χ4v) is 3.76. The molecule has 0 unspecified atom stereocenters. The molecule has 0 aromatic rings. The molecule has 0 radical (unpaired) electrons. The van der Waals surface area contributed by atoms with Crippen LogP contribution in [0.25, 0.3) is 0 Å². The molecule has 1 saturated heterocycles. The largest absolute Gasteiger partial charge is 0.383 e. The van der Waals surface area contributed by atoms with Crippen molar-refractivity contribution >= 4 is 0 Å². The molecule has 148 valence electrons. The maximum Gasteiger partial charge on any atom is 0.0829 e. The van der Waals surface area contributed by atoms with Gasteiger partial charge in [-0.2, -0.15) is 0 Å². The standard InChI is InChI=1S/C20H40N2O3/c1-19(2,3)22-9-11-24-18(15-22)14-21(8-10-23-7)16-12-17(13-16)25-20(4,5)6/h16-18H,8-15H2,1-7H3/t16?,17?,18-/m0/s1. The third kappa shape index (κ3) is 6.79. The van der Waals surface area contributed by atoms with E-state index in [2.05, 4.69) is 51.3 Å². The van der Waals surface area contributed by atoms with Crippen LogP contribution in [-0.2, 0) is 14.2 Å². The number of nitrogens with zero attached hydrogens (tertiary/aromatic N) is 2. The van der Waals surface area contributed by atoms with E-state index in [1.807, 2.05) is 0 Å². The van der Waals surface area contributed by atoms with Gasteiger partial charge in [-0.05, 0) is 54.4 Å². The Hall–Kier alpha value is -0.200. The van der Waals surface area contributed by atoms with E-state index in [-0.39, 0.29) is 17.2 Å². The zero-order valence-electron chi connectivity index (χ0n) is 17.5. The summed E-state index contributed by atoms with van der Waals surface area (Å²) in [7, 11) is 1.78. The molecule has 0 N–H and O–H groups in total. The average Bonchev–Trinajstić information content (AvgIpc) is 2.45. The molecule has 25 heavy (non-hydrogen) atoms. The summed E-state index contributed by atoms with van der Waals surface area (Å²) in [5.74, 6) is 0. The first-order valence-corrected chi connectivity index (χ1v) is 9.86. The first-order valence-electron chi connectivity index (χ1n) is 9.86. The number of hydrogen-bond acceptors (Lipinski definition) is 5. The number of morpholine rings is 1. The summed E-state index contributed by atoms with van der Waals surface area (Å²) in [5, 5.41) is 0. The molecule has 5 nitrogen and oxygen atoms in total. The zero-order valence-corrected chi connectivity index (χ0v) is 17.5. The Morgan fingerprint density at radius 1 is 1.12 bits per heavy atom. The van der Waals surface area contributed by atoms with Crippen LogP contribution < -0.4 is 0 Å². The number of methoxy groups -OCH3 is 1. The normalized spacial score (nSPS) is 29.0. The fraction of sp³-hybridized carbons (Fsp3) is 1.00. The van der Waals surface area contributed by atoms with E-state index in [9.17, 15) is 0 Å². The van der Waals surface area contributed by atoms with Gasteiger partial charge in [0.1, 0.15) is 0 Å². The molecule has 1 saturated carbocycles. The van der Waals surface area contributed by atoms with Crippen LogP contribution in [0.15, 0.2) is 0 Å². The number of hydrogen-bond donors (Lipinski definition) is 0. The molecule has 0 spiro atoms. The summed E-state index contributed by atoms with van der Waals surface area (Å²) >= 11 is 0. The van der Waals surface area contributed by atoms with Crippen LogP contribution >= 0.6 is 0 Å².